The van der Waals surface area contributed by atoms with Crippen LogP contribution >= 0.6 is 7.92 Å². The Kier molecular flexibility index (Phi) is 7.03. The van der Waals surface area contributed by atoms with Crippen LogP contribution in [0.2, 0.25) is 0 Å². The molecule has 2 saturated carbocycles. The van der Waals surface area contributed by atoms with Gasteiger partial charge in [-0.15, -0.1) is 0 Å². The molecule has 1 heteroatoms. The average Bonchev–Trinajstić information content (AvgIpc) is 2.77. The lowest BCUT2D eigenvalue weighted by Gasteiger charge is -2.40. The van der Waals surface area contributed by atoms with E-state index in [1.54, 1.807) is 0 Å². The van der Waals surface area contributed by atoms with E-state index in [0.717, 1.165) is 11.3 Å². The lowest BCUT2D eigenvalue weighted by atomic mass is 9.93. The van der Waals surface area contributed by atoms with E-state index in [4.69, 9.17) is 0 Å². The Hall–Kier alpha value is -1.13. The van der Waals surface area contributed by atoms with E-state index < -0.39 is 0 Å². The van der Waals surface area contributed by atoms with E-state index >= 15 is 0 Å². The van der Waals surface area contributed by atoms with Crippen LogP contribution in [0.25, 0.3) is 0 Å². The highest BCUT2D eigenvalue weighted by Gasteiger charge is 2.33. The third-order valence-corrected chi connectivity index (χ3v) is 10.6. The highest BCUT2D eigenvalue weighted by Crippen LogP contribution is 2.58. The molecule has 2 aromatic rings. The van der Waals surface area contributed by atoms with Crippen molar-refractivity contribution in [1.82, 2.24) is 0 Å². The Morgan fingerprint density at radius 2 is 1.00 bits per heavy atom. The van der Waals surface area contributed by atoms with Crippen molar-refractivity contribution >= 4 is 7.92 Å². The molecule has 27 heavy (non-hydrogen) atoms. The maximum atomic E-state index is 2.37. The molecule has 0 heterocycles. The number of benzene rings is 2. The molecule has 0 aliphatic heterocycles. The minimum atomic E-state index is 0.116. The van der Waals surface area contributed by atoms with Gasteiger partial charge in [0.1, 0.15) is 0 Å². The lowest BCUT2D eigenvalue weighted by molar-refractivity contribution is 0.483. The molecule has 0 amide bonds. The van der Waals surface area contributed by atoms with Gasteiger partial charge in [0.05, 0.1) is 0 Å². The molecular weight excluding hydrogens is 343 g/mol. The third kappa shape index (κ3) is 5.03. The van der Waals surface area contributed by atoms with Crippen molar-refractivity contribution < 1.29 is 0 Å². The van der Waals surface area contributed by atoms with Crippen molar-refractivity contribution in [3.63, 3.8) is 0 Å². The summed E-state index contributed by atoms with van der Waals surface area (Å²) in [6, 6.07) is 22.7. The molecule has 4 rings (SSSR count). The third-order valence-electron chi connectivity index (χ3n) is 6.88. The molecular formula is C26H35P. The monoisotopic (exact) mass is 378 g/mol. The minimum absolute atomic E-state index is 0.116. The maximum absolute atomic E-state index is 2.37. The van der Waals surface area contributed by atoms with E-state index in [9.17, 15) is 0 Å². The second-order valence-electron chi connectivity index (χ2n) is 8.65. The van der Waals surface area contributed by atoms with E-state index in [0.29, 0.717) is 5.92 Å². The van der Waals surface area contributed by atoms with Gasteiger partial charge in [0.25, 0.3) is 0 Å². The first-order chi connectivity index (χ1) is 13.4. The minimum Gasteiger partial charge on any atom is -0.0994 e. The average molecular weight is 379 g/mol. The molecule has 0 aromatic heterocycles. The molecule has 0 unspecified atom stereocenters. The fourth-order valence-corrected chi connectivity index (χ4v) is 9.50. The van der Waals surface area contributed by atoms with Crippen molar-refractivity contribution in [2.75, 3.05) is 6.16 Å². The summed E-state index contributed by atoms with van der Waals surface area (Å²) in [5.74, 6) is 0.586. The highest BCUT2D eigenvalue weighted by atomic mass is 31.1. The molecule has 2 aliphatic carbocycles. The van der Waals surface area contributed by atoms with Crippen LogP contribution in [0.1, 0.15) is 81.3 Å². The molecule has 2 fully saturated rings. The fraction of sp³-hybridized carbons (Fsp3) is 0.538. The number of hydrogen-bond acceptors (Lipinski definition) is 0. The van der Waals surface area contributed by atoms with Crippen LogP contribution in [0.4, 0.5) is 0 Å². The molecule has 0 radical (unpaired) electrons. The quantitative estimate of drug-likeness (QED) is 0.447. The van der Waals surface area contributed by atoms with Crippen LogP contribution < -0.4 is 0 Å². The molecule has 0 bridgehead atoms. The predicted octanol–water partition coefficient (Wildman–Crippen LogP) is 7.97. The largest absolute Gasteiger partial charge is 0.0994 e. The standard InChI is InChI=1S/C26H35P/c1-5-13-22(14-6-1)26(23-15-7-2-8-16-23)21-27(24-17-9-3-10-18-24)25-19-11-4-12-20-25/h1-2,5-8,13-16,24-26H,3-4,9-12,17-21H2. The first kappa shape index (κ1) is 19.2. The highest BCUT2D eigenvalue weighted by molar-refractivity contribution is 7.59. The zero-order chi connectivity index (χ0) is 18.3. The number of hydrogen-bond donors (Lipinski definition) is 0. The van der Waals surface area contributed by atoms with Gasteiger partial charge < -0.3 is 0 Å². The summed E-state index contributed by atoms with van der Waals surface area (Å²) in [7, 11) is 0.116. The van der Waals surface area contributed by atoms with Crippen LogP contribution in [0.15, 0.2) is 60.7 Å². The summed E-state index contributed by atoms with van der Waals surface area (Å²) in [5, 5.41) is 0. The van der Waals surface area contributed by atoms with Crippen molar-refractivity contribution in [2.24, 2.45) is 0 Å². The van der Waals surface area contributed by atoms with Gasteiger partial charge in [0.15, 0.2) is 0 Å². The summed E-state index contributed by atoms with van der Waals surface area (Å²) in [6.45, 7) is 0. The second kappa shape index (κ2) is 9.88. The van der Waals surface area contributed by atoms with E-state index in [1.807, 2.05) is 0 Å². The zero-order valence-electron chi connectivity index (χ0n) is 16.7. The Labute approximate surface area is 167 Å². The van der Waals surface area contributed by atoms with Crippen molar-refractivity contribution in [2.45, 2.75) is 81.4 Å². The molecule has 0 saturated heterocycles. The van der Waals surface area contributed by atoms with Gasteiger partial charge in [0.2, 0.25) is 0 Å². The number of rotatable bonds is 6. The first-order valence-corrected chi connectivity index (χ1v) is 12.9. The van der Waals surface area contributed by atoms with Gasteiger partial charge in [0, 0.05) is 5.92 Å². The maximum Gasteiger partial charge on any atom is 0.0129 e. The molecule has 0 N–H and O–H groups in total. The normalized spacial score (nSPS) is 19.6. The van der Waals surface area contributed by atoms with Gasteiger partial charge in [-0.3, -0.25) is 0 Å². The predicted molar refractivity (Wildman–Crippen MR) is 120 cm³/mol. The van der Waals surface area contributed by atoms with Gasteiger partial charge in [-0.25, -0.2) is 0 Å². The van der Waals surface area contributed by atoms with Crippen LogP contribution in [0, 0.1) is 0 Å². The van der Waals surface area contributed by atoms with E-state index in [-0.39, 0.29) is 7.92 Å². The molecule has 2 aliphatic rings. The fourth-order valence-electron chi connectivity index (χ4n) is 5.41. The van der Waals surface area contributed by atoms with Crippen LogP contribution in [-0.2, 0) is 0 Å². The van der Waals surface area contributed by atoms with Crippen LogP contribution in [0.3, 0.4) is 0 Å². The molecule has 0 spiro atoms. The van der Waals surface area contributed by atoms with Gasteiger partial charge in [-0.2, -0.15) is 0 Å². The Bertz CT molecular complexity index is 596. The molecule has 2 aromatic carbocycles. The summed E-state index contributed by atoms with van der Waals surface area (Å²) >= 11 is 0. The second-order valence-corrected chi connectivity index (χ2v) is 11.5. The van der Waals surface area contributed by atoms with Crippen LogP contribution in [-0.4, -0.2) is 17.5 Å². The van der Waals surface area contributed by atoms with Crippen molar-refractivity contribution in [1.29, 1.82) is 0 Å². The SMILES string of the molecule is c1ccc(C(CP(C2CCCCC2)C2CCCCC2)c2ccccc2)cc1. The first-order valence-electron chi connectivity index (χ1n) is 11.3. The Morgan fingerprint density at radius 1 is 0.593 bits per heavy atom. The summed E-state index contributed by atoms with van der Waals surface area (Å²) in [5.41, 5.74) is 5.13. The summed E-state index contributed by atoms with van der Waals surface area (Å²) in [4.78, 5) is 0. The Balaban J connectivity index is 1.62. The van der Waals surface area contributed by atoms with Crippen molar-refractivity contribution in [3.05, 3.63) is 71.8 Å². The Morgan fingerprint density at radius 3 is 1.41 bits per heavy atom. The molecule has 0 nitrogen and oxygen atoms in total. The summed E-state index contributed by atoms with van der Waals surface area (Å²) in [6.07, 6.45) is 16.4. The smallest absolute Gasteiger partial charge is 0.0129 e. The van der Waals surface area contributed by atoms with Gasteiger partial charge in [-0.05, 0) is 54.3 Å². The van der Waals surface area contributed by atoms with E-state index in [1.165, 1.54) is 81.5 Å². The van der Waals surface area contributed by atoms with Crippen LogP contribution in [0.5, 0.6) is 0 Å². The zero-order valence-corrected chi connectivity index (χ0v) is 17.6. The van der Waals surface area contributed by atoms with Gasteiger partial charge >= 0.3 is 0 Å². The topological polar surface area (TPSA) is 0 Å². The molecule has 144 valence electrons. The lowest BCUT2D eigenvalue weighted by Crippen LogP contribution is -2.24. The molecule has 0 atom stereocenters. The van der Waals surface area contributed by atoms with Gasteiger partial charge in [-0.1, -0.05) is 107 Å². The summed E-state index contributed by atoms with van der Waals surface area (Å²) < 4.78 is 0. The van der Waals surface area contributed by atoms with Crippen molar-refractivity contribution in [3.8, 4) is 0 Å². The van der Waals surface area contributed by atoms with E-state index in [2.05, 4.69) is 60.7 Å².